The van der Waals surface area contributed by atoms with Crippen LogP contribution in [0.3, 0.4) is 0 Å². The minimum absolute atomic E-state index is 0.512. The number of hydrogen-bond donors (Lipinski definition) is 0. The van der Waals surface area contributed by atoms with Crippen molar-refractivity contribution in [2.24, 2.45) is 0 Å². The molecule has 2 fully saturated rings. The average Bonchev–Trinajstić information content (AvgIpc) is 3.76. The molecule has 2 saturated carbocycles. The quantitative estimate of drug-likeness (QED) is 0.355. The smallest absolute Gasteiger partial charge is 0.136 e. The van der Waals surface area contributed by atoms with Crippen molar-refractivity contribution in [1.82, 2.24) is 4.90 Å². The normalized spacial score (nSPS) is 18.1. The van der Waals surface area contributed by atoms with E-state index in [2.05, 4.69) is 49.1 Å². The number of aryl methyl sites for hydroxylation is 1. The number of nitriles is 1. The van der Waals surface area contributed by atoms with Gasteiger partial charge in [-0.1, -0.05) is 62.4 Å². The Labute approximate surface area is 198 Å². The zero-order valence-electron chi connectivity index (χ0n) is 20.4. The van der Waals surface area contributed by atoms with Crippen LogP contribution in [0.1, 0.15) is 81.5 Å². The second-order valence-corrected chi connectivity index (χ2v) is 9.50. The second-order valence-electron chi connectivity index (χ2n) is 9.50. The predicted molar refractivity (Wildman–Crippen MR) is 132 cm³/mol. The Morgan fingerprint density at radius 3 is 2.06 bits per heavy atom. The lowest BCUT2D eigenvalue weighted by Gasteiger charge is -2.30. The van der Waals surface area contributed by atoms with Gasteiger partial charge < -0.3 is 4.90 Å². The zero-order chi connectivity index (χ0) is 23.9. The van der Waals surface area contributed by atoms with E-state index in [1.807, 2.05) is 18.2 Å². The van der Waals surface area contributed by atoms with Crippen LogP contribution in [0.4, 0.5) is 8.78 Å². The lowest BCUT2D eigenvalue weighted by molar-refractivity contribution is 0.193. The zero-order valence-corrected chi connectivity index (χ0v) is 20.4. The fourth-order valence-electron chi connectivity index (χ4n) is 4.76. The molecule has 2 aromatic carbocycles. The van der Waals surface area contributed by atoms with Crippen molar-refractivity contribution in [2.75, 3.05) is 13.1 Å². The van der Waals surface area contributed by atoms with Gasteiger partial charge >= 0.3 is 0 Å². The molecule has 0 aromatic heterocycles. The van der Waals surface area contributed by atoms with Crippen LogP contribution < -0.4 is 0 Å². The Morgan fingerprint density at radius 2 is 1.52 bits per heavy atom. The maximum Gasteiger partial charge on any atom is 0.136 e. The standard InChI is InChI=1S/C27H35F2N.C2H3N/c1-3-23(30(4-2)19-14-21-8-6-5-7-9-21)12-10-22-11-13-24(26(28)15-16-26)25(20-22)27(29)17-18-27;1-2-3/h5-9,11,13,20,23H,3-4,10,12,14-19H2,1-2H3;1H3. The monoisotopic (exact) mass is 452 g/mol. The van der Waals surface area contributed by atoms with E-state index in [0.717, 1.165) is 44.3 Å². The van der Waals surface area contributed by atoms with E-state index in [1.54, 1.807) is 6.07 Å². The molecule has 0 heterocycles. The van der Waals surface area contributed by atoms with E-state index < -0.39 is 11.3 Å². The van der Waals surface area contributed by atoms with Crippen molar-refractivity contribution >= 4 is 0 Å². The van der Waals surface area contributed by atoms with Crippen LogP contribution in [0.5, 0.6) is 0 Å². The first-order valence-electron chi connectivity index (χ1n) is 12.5. The van der Waals surface area contributed by atoms with Crippen molar-refractivity contribution in [2.45, 2.75) is 89.5 Å². The molecule has 4 rings (SSSR count). The first-order valence-corrected chi connectivity index (χ1v) is 12.5. The molecule has 1 atom stereocenters. The van der Waals surface area contributed by atoms with Crippen molar-refractivity contribution in [3.8, 4) is 6.07 Å². The van der Waals surface area contributed by atoms with Crippen molar-refractivity contribution in [3.63, 3.8) is 0 Å². The first-order chi connectivity index (χ1) is 15.9. The molecular weight excluding hydrogens is 414 g/mol. The molecule has 0 amide bonds. The summed E-state index contributed by atoms with van der Waals surface area (Å²) < 4.78 is 29.7. The fraction of sp³-hybridized carbons (Fsp3) is 0.552. The summed E-state index contributed by atoms with van der Waals surface area (Å²) in [6.45, 7) is 8.01. The maximum atomic E-state index is 15.0. The van der Waals surface area contributed by atoms with Gasteiger partial charge in [-0.25, -0.2) is 8.78 Å². The molecule has 2 aliphatic rings. The largest absolute Gasteiger partial charge is 0.300 e. The summed E-state index contributed by atoms with van der Waals surface area (Å²) in [5.74, 6) is 0. The molecule has 0 N–H and O–H groups in total. The summed E-state index contributed by atoms with van der Waals surface area (Å²) in [5, 5.41) is 7.32. The van der Waals surface area contributed by atoms with Gasteiger partial charge in [0.05, 0.1) is 6.07 Å². The van der Waals surface area contributed by atoms with Gasteiger partial charge in [-0.05, 0) is 80.2 Å². The number of halogens is 2. The second kappa shape index (κ2) is 11.3. The highest BCUT2D eigenvalue weighted by Crippen LogP contribution is 2.58. The summed E-state index contributed by atoms with van der Waals surface area (Å²) in [7, 11) is 0. The highest BCUT2D eigenvalue weighted by atomic mass is 19.1. The summed E-state index contributed by atoms with van der Waals surface area (Å²) in [5.41, 5.74) is 1.25. The lowest BCUT2D eigenvalue weighted by Crippen LogP contribution is -2.36. The Balaban J connectivity index is 0.000000968. The van der Waals surface area contributed by atoms with Gasteiger partial charge in [-0.3, -0.25) is 0 Å². The third-order valence-electron chi connectivity index (χ3n) is 7.12. The summed E-state index contributed by atoms with van der Waals surface area (Å²) in [6.07, 6.45) is 6.31. The van der Waals surface area contributed by atoms with E-state index in [4.69, 9.17) is 5.26 Å². The SMILES string of the molecule is CC#N.CCC(CCc1ccc(C2(F)CC2)c(C2(F)CC2)c1)N(CC)CCc1ccccc1. The summed E-state index contributed by atoms with van der Waals surface area (Å²) >= 11 is 0. The summed E-state index contributed by atoms with van der Waals surface area (Å²) in [4.78, 5) is 2.57. The number of nitrogens with zero attached hydrogens (tertiary/aromatic N) is 2. The van der Waals surface area contributed by atoms with Crippen LogP contribution in [0.2, 0.25) is 0 Å². The molecule has 0 spiro atoms. The van der Waals surface area contributed by atoms with Crippen molar-refractivity contribution in [1.29, 1.82) is 5.26 Å². The van der Waals surface area contributed by atoms with E-state index in [-0.39, 0.29) is 0 Å². The highest BCUT2D eigenvalue weighted by molar-refractivity contribution is 5.44. The summed E-state index contributed by atoms with van der Waals surface area (Å²) in [6, 6.07) is 18.8. The van der Waals surface area contributed by atoms with Crippen LogP contribution in [-0.2, 0) is 24.2 Å². The minimum Gasteiger partial charge on any atom is -0.300 e. The Hall–Kier alpha value is -2.25. The number of likely N-dealkylation sites (N-methyl/N-ethyl adjacent to an activating group) is 1. The van der Waals surface area contributed by atoms with Gasteiger partial charge in [-0.2, -0.15) is 5.26 Å². The predicted octanol–water partition coefficient (Wildman–Crippen LogP) is 7.41. The van der Waals surface area contributed by atoms with E-state index in [1.165, 1.54) is 12.5 Å². The third-order valence-corrected chi connectivity index (χ3v) is 7.12. The number of benzene rings is 2. The molecule has 2 aliphatic carbocycles. The van der Waals surface area contributed by atoms with E-state index >= 15 is 0 Å². The van der Waals surface area contributed by atoms with Gasteiger partial charge in [0.2, 0.25) is 0 Å². The van der Waals surface area contributed by atoms with Gasteiger partial charge in [0.15, 0.2) is 0 Å². The molecule has 0 aliphatic heterocycles. The van der Waals surface area contributed by atoms with E-state index in [9.17, 15) is 8.78 Å². The molecule has 0 radical (unpaired) electrons. The number of alkyl halides is 2. The first kappa shape index (κ1) is 25.4. The number of hydrogen-bond acceptors (Lipinski definition) is 2. The molecular formula is C29H38F2N2. The Bertz CT molecular complexity index is 926. The van der Waals surface area contributed by atoms with Crippen LogP contribution in [0, 0.1) is 11.3 Å². The van der Waals surface area contributed by atoms with Crippen molar-refractivity contribution < 1.29 is 8.78 Å². The van der Waals surface area contributed by atoms with E-state index in [0.29, 0.717) is 42.9 Å². The topological polar surface area (TPSA) is 27.0 Å². The minimum atomic E-state index is -1.28. The lowest BCUT2D eigenvalue weighted by atomic mass is 9.92. The third kappa shape index (κ3) is 6.64. The average molecular weight is 453 g/mol. The van der Waals surface area contributed by atoms with Gasteiger partial charge in [0, 0.05) is 19.5 Å². The Kier molecular flexibility index (Phi) is 8.65. The highest BCUT2D eigenvalue weighted by Gasteiger charge is 2.53. The van der Waals surface area contributed by atoms with Gasteiger partial charge in [0.1, 0.15) is 11.3 Å². The van der Waals surface area contributed by atoms with Crippen LogP contribution in [0.25, 0.3) is 0 Å². The fourth-order valence-corrected chi connectivity index (χ4v) is 4.76. The molecule has 2 aromatic rings. The molecule has 178 valence electrons. The molecule has 0 saturated heterocycles. The van der Waals surface area contributed by atoms with Crippen LogP contribution in [0.15, 0.2) is 48.5 Å². The molecule has 4 heteroatoms. The van der Waals surface area contributed by atoms with Crippen LogP contribution in [-0.4, -0.2) is 24.0 Å². The van der Waals surface area contributed by atoms with Crippen molar-refractivity contribution in [3.05, 3.63) is 70.8 Å². The molecule has 33 heavy (non-hydrogen) atoms. The number of rotatable bonds is 11. The Morgan fingerprint density at radius 1 is 0.909 bits per heavy atom. The molecule has 2 nitrogen and oxygen atoms in total. The maximum absolute atomic E-state index is 15.0. The van der Waals surface area contributed by atoms with Gasteiger partial charge in [0.25, 0.3) is 0 Å². The van der Waals surface area contributed by atoms with Crippen LogP contribution >= 0.6 is 0 Å². The molecule has 1 unspecified atom stereocenters. The van der Waals surface area contributed by atoms with Gasteiger partial charge in [-0.15, -0.1) is 0 Å². The molecule has 0 bridgehead atoms.